The molecule has 0 spiro atoms. The number of ketones is 2. The molecule has 0 rings (SSSR count). The Balaban J connectivity index is 3.00. The summed E-state index contributed by atoms with van der Waals surface area (Å²) in [7, 11) is 0. The summed E-state index contributed by atoms with van der Waals surface area (Å²) < 4.78 is 9.98. The Morgan fingerprint density at radius 2 is 1.31 bits per heavy atom. The number of carbonyl (C=O) groups excluding carboxylic acids is 2. The highest BCUT2D eigenvalue weighted by Crippen LogP contribution is 1.86. The van der Waals surface area contributed by atoms with Crippen LogP contribution in [0.4, 0.5) is 0 Å². The van der Waals surface area contributed by atoms with Crippen molar-refractivity contribution in [2.75, 3.05) is 26.4 Å². The first kappa shape index (κ1) is 12.3. The topological polar surface area (TPSA) is 52.6 Å². The zero-order valence-corrected chi connectivity index (χ0v) is 8.17. The van der Waals surface area contributed by atoms with Crippen molar-refractivity contribution in [3.8, 4) is 0 Å². The average Bonchev–Trinajstić information content (AvgIpc) is 2.01. The van der Waals surface area contributed by atoms with E-state index in [1.807, 2.05) is 0 Å². The van der Waals surface area contributed by atoms with E-state index >= 15 is 0 Å². The predicted molar refractivity (Wildman–Crippen MR) is 47.6 cm³/mol. The Kier molecular flexibility index (Phi) is 7.44. The summed E-state index contributed by atoms with van der Waals surface area (Å²) >= 11 is 0. The van der Waals surface area contributed by atoms with Crippen LogP contribution in [0.2, 0.25) is 0 Å². The van der Waals surface area contributed by atoms with E-state index in [0.29, 0.717) is 19.6 Å². The van der Waals surface area contributed by atoms with Crippen molar-refractivity contribution in [1.29, 1.82) is 0 Å². The quantitative estimate of drug-likeness (QED) is 0.523. The lowest BCUT2D eigenvalue weighted by Crippen LogP contribution is -2.09. The van der Waals surface area contributed by atoms with Crippen molar-refractivity contribution in [2.24, 2.45) is 0 Å². The molecular formula is C9H16O4. The van der Waals surface area contributed by atoms with E-state index in [0.717, 1.165) is 0 Å². The van der Waals surface area contributed by atoms with Gasteiger partial charge in [0.15, 0.2) is 11.6 Å². The smallest absolute Gasteiger partial charge is 0.155 e. The van der Waals surface area contributed by atoms with Gasteiger partial charge in [0, 0.05) is 13.2 Å². The van der Waals surface area contributed by atoms with Gasteiger partial charge < -0.3 is 9.47 Å². The number of Topliss-reactive ketones (excluding diaryl/α,β-unsaturated/α-hetero) is 2. The van der Waals surface area contributed by atoms with Crippen molar-refractivity contribution in [1.82, 2.24) is 0 Å². The standard InChI is InChI=1S/C9H16O4/c1-8(10)6-12-4-3-5-13-7-9(2)11/h3-7H2,1-2H3. The summed E-state index contributed by atoms with van der Waals surface area (Å²) in [5.41, 5.74) is 0. The molecular weight excluding hydrogens is 172 g/mol. The molecule has 0 unspecified atom stereocenters. The first-order valence-electron chi connectivity index (χ1n) is 4.27. The molecule has 0 N–H and O–H groups in total. The molecule has 13 heavy (non-hydrogen) atoms. The van der Waals surface area contributed by atoms with Gasteiger partial charge in [0.25, 0.3) is 0 Å². The van der Waals surface area contributed by atoms with Crippen LogP contribution in [0.15, 0.2) is 0 Å². The van der Waals surface area contributed by atoms with Gasteiger partial charge in [-0.25, -0.2) is 0 Å². The Labute approximate surface area is 78.2 Å². The van der Waals surface area contributed by atoms with Gasteiger partial charge in [0.1, 0.15) is 13.2 Å². The Bertz CT molecular complexity index is 147. The van der Waals surface area contributed by atoms with E-state index < -0.39 is 0 Å². The van der Waals surface area contributed by atoms with E-state index in [1.165, 1.54) is 13.8 Å². The number of ether oxygens (including phenoxy) is 2. The third-order valence-corrected chi connectivity index (χ3v) is 1.19. The van der Waals surface area contributed by atoms with Gasteiger partial charge in [-0.1, -0.05) is 0 Å². The van der Waals surface area contributed by atoms with Crippen LogP contribution in [0.1, 0.15) is 20.3 Å². The molecule has 0 saturated heterocycles. The van der Waals surface area contributed by atoms with Gasteiger partial charge >= 0.3 is 0 Å². The molecule has 0 aromatic carbocycles. The lowest BCUT2D eigenvalue weighted by Gasteiger charge is -2.02. The van der Waals surface area contributed by atoms with Gasteiger partial charge in [0.2, 0.25) is 0 Å². The van der Waals surface area contributed by atoms with Crippen LogP contribution in [-0.4, -0.2) is 38.0 Å². The second-order valence-electron chi connectivity index (χ2n) is 2.86. The summed E-state index contributed by atoms with van der Waals surface area (Å²) in [6.07, 6.45) is 0.709. The van der Waals surface area contributed by atoms with Gasteiger partial charge in [-0.05, 0) is 20.3 Å². The highest BCUT2D eigenvalue weighted by atomic mass is 16.5. The molecule has 0 bridgehead atoms. The number of rotatable bonds is 8. The summed E-state index contributed by atoms with van der Waals surface area (Å²) in [5.74, 6) is 0.0364. The van der Waals surface area contributed by atoms with Crippen molar-refractivity contribution in [2.45, 2.75) is 20.3 Å². The minimum atomic E-state index is 0.0182. The van der Waals surface area contributed by atoms with Gasteiger partial charge in [-0.15, -0.1) is 0 Å². The van der Waals surface area contributed by atoms with Crippen molar-refractivity contribution in [3.63, 3.8) is 0 Å². The molecule has 4 nitrogen and oxygen atoms in total. The fourth-order valence-electron chi connectivity index (χ4n) is 0.695. The van der Waals surface area contributed by atoms with Crippen molar-refractivity contribution < 1.29 is 19.1 Å². The van der Waals surface area contributed by atoms with Gasteiger partial charge in [0.05, 0.1) is 0 Å². The van der Waals surface area contributed by atoms with Crippen LogP contribution in [0.5, 0.6) is 0 Å². The highest BCUT2D eigenvalue weighted by Gasteiger charge is 1.95. The monoisotopic (exact) mass is 188 g/mol. The second kappa shape index (κ2) is 7.89. The first-order valence-corrected chi connectivity index (χ1v) is 4.27. The third-order valence-electron chi connectivity index (χ3n) is 1.19. The summed E-state index contributed by atoms with van der Waals surface area (Å²) in [5, 5.41) is 0. The fraction of sp³-hybridized carbons (Fsp3) is 0.778. The zero-order valence-electron chi connectivity index (χ0n) is 8.17. The highest BCUT2D eigenvalue weighted by molar-refractivity contribution is 5.76. The van der Waals surface area contributed by atoms with Crippen LogP contribution < -0.4 is 0 Å². The maximum Gasteiger partial charge on any atom is 0.155 e. The van der Waals surface area contributed by atoms with E-state index in [-0.39, 0.29) is 24.8 Å². The molecule has 0 aromatic heterocycles. The molecule has 76 valence electrons. The van der Waals surface area contributed by atoms with Gasteiger partial charge in [-0.2, -0.15) is 0 Å². The lowest BCUT2D eigenvalue weighted by atomic mass is 10.4. The molecule has 0 atom stereocenters. The van der Waals surface area contributed by atoms with Crippen LogP contribution >= 0.6 is 0 Å². The number of hydrogen-bond acceptors (Lipinski definition) is 4. The molecule has 4 heteroatoms. The SMILES string of the molecule is CC(=O)COCCCOCC(C)=O. The largest absolute Gasteiger partial charge is 0.374 e. The third kappa shape index (κ3) is 11.3. The Hall–Kier alpha value is -0.740. The molecule has 0 aliphatic carbocycles. The average molecular weight is 188 g/mol. The molecule has 0 heterocycles. The summed E-state index contributed by atoms with van der Waals surface area (Å²) in [6, 6.07) is 0. The molecule has 0 aromatic rings. The van der Waals surface area contributed by atoms with Crippen LogP contribution in [0, 0.1) is 0 Å². The Morgan fingerprint density at radius 3 is 1.62 bits per heavy atom. The summed E-state index contributed by atoms with van der Waals surface area (Å²) in [4.78, 5) is 20.8. The van der Waals surface area contributed by atoms with E-state index in [9.17, 15) is 9.59 Å². The molecule has 0 amide bonds. The maximum absolute atomic E-state index is 10.4. The number of carbonyl (C=O) groups is 2. The van der Waals surface area contributed by atoms with Crippen LogP contribution in [-0.2, 0) is 19.1 Å². The fourth-order valence-corrected chi connectivity index (χ4v) is 0.695. The van der Waals surface area contributed by atoms with E-state index in [2.05, 4.69) is 0 Å². The minimum absolute atomic E-state index is 0.0182. The number of hydrogen-bond donors (Lipinski definition) is 0. The second-order valence-corrected chi connectivity index (χ2v) is 2.86. The lowest BCUT2D eigenvalue weighted by molar-refractivity contribution is -0.121. The van der Waals surface area contributed by atoms with Crippen molar-refractivity contribution >= 4 is 11.6 Å². The van der Waals surface area contributed by atoms with Crippen LogP contribution in [0.3, 0.4) is 0 Å². The molecule has 0 saturated carbocycles. The Morgan fingerprint density at radius 1 is 0.923 bits per heavy atom. The molecule has 0 fully saturated rings. The predicted octanol–water partition coefficient (Wildman–Crippen LogP) is 0.588. The maximum atomic E-state index is 10.4. The molecule has 0 radical (unpaired) electrons. The van der Waals surface area contributed by atoms with E-state index in [4.69, 9.17) is 9.47 Å². The van der Waals surface area contributed by atoms with Crippen LogP contribution in [0.25, 0.3) is 0 Å². The first-order chi connectivity index (χ1) is 6.13. The summed E-state index contributed by atoms with van der Waals surface area (Å²) in [6.45, 7) is 4.27. The molecule has 0 aliphatic rings. The zero-order chi connectivity index (χ0) is 10.1. The van der Waals surface area contributed by atoms with E-state index in [1.54, 1.807) is 0 Å². The minimum Gasteiger partial charge on any atom is -0.374 e. The normalized spacial score (nSPS) is 10.0. The van der Waals surface area contributed by atoms with Crippen molar-refractivity contribution in [3.05, 3.63) is 0 Å². The van der Waals surface area contributed by atoms with Gasteiger partial charge in [-0.3, -0.25) is 9.59 Å². The molecule has 0 aliphatic heterocycles.